The molecule has 0 amide bonds. The Morgan fingerprint density at radius 1 is 1.45 bits per heavy atom. The number of methoxy groups -OCH3 is 1. The SMILES string of the molecule is C#CCN(CC#N)S(=O)(=O)Cc1ccc(OC)c(Cl)c1. The van der Waals surface area contributed by atoms with Crippen LogP contribution in [-0.4, -0.2) is 32.9 Å². The first kappa shape index (κ1) is 16.3. The van der Waals surface area contributed by atoms with Gasteiger partial charge in [0.25, 0.3) is 0 Å². The van der Waals surface area contributed by atoms with Gasteiger partial charge in [-0.25, -0.2) is 8.42 Å². The molecular formula is C13H13ClN2O3S. The minimum atomic E-state index is -3.67. The van der Waals surface area contributed by atoms with Crippen LogP contribution in [-0.2, 0) is 15.8 Å². The Labute approximate surface area is 123 Å². The third-order valence-corrected chi connectivity index (χ3v) is 4.51. The number of halogens is 1. The first-order chi connectivity index (χ1) is 9.44. The summed E-state index contributed by atoms with van der Waals surface area (Å²) in [5.74, 6) is 2.41. The van der Waals surface area contributed by atoms with E-state index in [0.29, 0.717) is 16.3 Å². The molecule has 0 saturated carbocycles. The summed E-state index contributed by atoms with van der Waals surface area (Å²) in [6.07, 6.45) is 5.11. The predicted octanol–water partition coefficient (Wildman–Crippen LogP) is 1.64. The van der Waals surface area contributed by atoms with Crippen molar-refractivity contribution in [3.63, 3.8) is 0 Å². The second-order valence-electron chi connectivity index (χ2n) is 3.86. The topological polar surface area (TPSA) is 70.4 Å². The lowest BCUT2D eigenvalue weighted by molar-refractivity contribution is 0.415. The molecule has 0 heterocycles. The normalized spacial score (nSPS) is 10.8. The van der Waals surface area contributed by atoms with Crippen LogP contribution in [0.2, 0.25) is 5.02 Å². The maximum Gasteiger partial charge on any atom is 0.220 e. The Morgan fingerprint density at radius 2 is 2.15 bits per heavy atom. The zero-order valence-corrected chi connectivity index (χ0v) is 12.4. The standard InChI is InChI=1S/C13H13ClN2O3S/c1-3-7-16(8-6-15)20(17,18)10-11-4-5-13(19-2)12(14)9-11/h1,4-5,9H,7-8,10H2,2H3. The summed E-state index contributed by atoms with van der Waals surface area (Å²) in [6, 6.07) is 6.48. The molecule has 0 spiro atoms. The molecular weight excluding hydrogens is 300 g/mol. The minimum Gasteiger partial charge on any atom is -0.495 e. The summed E-state index contributed by atoms with van der Waals surface area (Å²) in [5.41, 5.74) is 0.496. The largest absolute Gasteiger partial charge is 0.495 e. The van der Waals surface area contributed by atoms with E-state index < -0.39 is 10.0 Å². The zero-order chi connectivity index (χ0) is 15.2. The Kier molecular flexibility index (Phi) is 5.84. The van der Waals surface area contributed by atoms with Crippen LogP contribution in [0.5, 0.6) is 5.75 Å². The highest BCUT2D eigenvalue weighted by atomic mass is 35.5. The average molecular weight is 313 g/mol. The van der Waals surface area contributed by atoms with Gasteiger partial charge in [0, 0.05) is 0 Å². The fourth-order valence-electron chi connectivity index (χ4n) is 1.53. The van der Waals surface area contributed by atoms with Crippen molar-refractivity contribution in [2.75, 3.05) is 20.2 Å². The van der Waals surface area contributed by atoms with Crippen LogP contribution in [0, 0.1) is 23.7 Å². The fourth-order valence-corrected chi connectivity index (χ4v) is 3.12. The molecule has 20 heavy (non-hydrogen) atoms. The van der Waals surface area contributed by atoms with Gasteiger partial charge in [-0.3, -0.25) is 0 Å². The third-order valence-electron chi connectivity index (χ3n) is 2.47. The van der Waals surface area contributed by atoms with Crippen LogP contribution >= 0.6 is 11.6 Å². The van der Waals surface area contributed by atoms with Gasteiger partial charge >= 0.3 is 0 Å². The lowest BCUT2D eigenvalue weighted by Gasteiger charge is -2.16. The van der Waals surface area contributed by atoms with Gasteiger partial charge in [0.05, 0.1) is 30.5 Å². The molecule has 0 aliphatic heterocycles. The molecule has 0 unspecified atom stereocenters. The number of terminal acetylenes is 1. The third kappa shape index (κ3) is 4.14. The highest BCUT2D eigenvalue weighted by molar-refractivity contribution is 7.88. The molecule has 0 atom stereocenters. The van der Waals surface area contributed by atoms with Crippen LogP contribution in [0.1, 0.15) is 5.56 Å². The number of hydrogen-bond acceptors (Lipinski definition) is 4. The molecule has 1 aromatic rings. The molecule has 106 valence electrons. The minimum absolute atomic E-state index is 0.139. The van der Waals surface area contributed by atoms with E-state index in [2.05, 4.69) is 5.92 Å². The molecule has 1 rings (SSSR count). The van der Waals surface area contributed by atoms with Crippen LogP contribution in [0.4, 0.5) is 0 Å². The van der Waals surface area contributed by atoms with E-state index in [9.17, 15) is 8.42 Å². The second kappa shape index (κ2) is 7.16. The lowest BCUT2D eigenvalue weighted by Crippen LogP contribution is -2.32. The van der Waals surface area contributed by atoms with Gasteiger partial charge in [0.1, 0.15) is 12.3 Å². The van der Waals surface area contributed by atoms with Crippen molar-refractivity contribution in [1.29, 1.82) is 5.26 Å². The molecule has 1 aromatic carbocycles. The van der Waals surface area contributed by atoms with E-state index in [-0.39, 0.29) is 18.8 Å². The number of benzene rings is 1. The molecule has 0 fully saturated rings. The number of sulfonamides is 1. The fraction of sp³-hybridized carbons (Fsp3) is 0.308. The van der Waals surface area contributed by atoms with Crippen molar-refractivity contribution in [1.82, 2.24) is 4.31 Å². The van der Waals surface area contributed by atoms with E-state index in [0.717, 1.165) is 4.31 Å². The van der Waals surface area contributed by atoms with Crippen LogP contribution < -0.4 is 4.74 Å². The molecule has 5 nitrogen and oxygen atoms in total. The molecule has 0 radical (unpaired) electrons. The maximum atomic E-state index is 12.2. The molecule has 0 aliphatic rings. The molecule has 0 aromatic heterocycles. The van der Waals surface area contributed by atoms with Crippen molar-refractivity contribution in [2.45, 2.75) is 5.75 Å². The van der Waals surface area contributed by atoms with Crippen LogP contribution in [0.25, 0.3) is 0 Å². The van der Waals surface area contributed by atoms with E-state index in [4.69, 9.17) is 28.0 Å². The first-order valence-corrected chi connectivity index (χ1v) is 7.54. The van der Waals surface area contributed by atoms with Crippen molar-refractivity contribution in [2.24, 2.45) is 0 Å². The molecule has 0 N–H and O–H groups in total. The number of rotatable bonds is 6. The zero-order valence-electron chi connectivity index (χ0n) is 10.8. The number of hydrogen-bond donors (Lipinski definition) is 0. The summed E-state index contributed by atoms with van der Waals surface area (Å²) in [4.78, 5) is 0. The Bertz CT molecular complexity index is 643. The van der Waals surface area contributed by atoms with Crippen LogP contribution in [0.3, 0.4) is 0 Å². The smallest absolute Gasteiger partial charge is 0.220 e. The van der Waals surface area contributed by atoms with Gasteiger partial charge in [-0.2, -0.15) is 9.57 Å². The quantitative estimate of drug-likeness (QED) is 0.591. The molecule has 0 aliphatic carbocycles. The Hall–Kier alpha value is -1.73. The summed E-state index contributed by atoms with van der Waals surface area (Å²) in [7, 11) is -2.20. The van der Waals surface area contributed by atoms with Crippen molar-refractivity contribution in [3.05, 3.63) is 28.8 Å². The van der Waals surface area contributed by atoms with Gasteiger partial charge < -0.3 is 4.74 Å². The van der Waals surface area contributed by atoms with Gasteiger partial charge in [0.2, 0.25) is 10.0 Å². The monoisotopic (exact) mass is 312 g/mol. The number of nitriles is 1. The molecule has 0 saturated heterocycles. The van der Waals surface area contributed by atoms with Crippen molar-refractivity contribution in [3.8, 4) is 24.2 Å². The van der Waals surface area contributed by atoms with Gasteiger partial charge in [-0.05, 0) is 17.7 Å². The van der Waals surface area contributed by atoms with Gasteiger partial charge in [-0.15, -0.1) is 6.42 Å². The Morgan fingerprint density at radius 3 is 2.65 bits per heavy atom. The highest BCUT2D eigenvalue weighted by Crippen LogP contribution is 2.26. The summed E-state index contributed by atoms with van der Waals surface area (Å²) < 4.78 is 30.2. The summed E-state index contributed by atoms with van der Waals surface area (Å²) in [5, 5.41) is 8.97. The van der Waals surface area contributed by atoms with Gasteiger partial charge in [-0.1, -0.05) is 23.6 Å². The maximum absolute atomic E-state index is 12.2. The second-order valence-corrected chi connectivity index (χ2v) is 6.23. The first-order valence-electron chi connectivity index (χ1n) is 5.55. The highest BCUT2D eigenvalue weighted by Gasteiger charge is 2.21. The summed E-state index contributed by atoms with van der Waals surface area (Å²) in [6.45, 7) is -0.420. The van der Waals surface area contributed by atoms with E-state index in [1.54, 1.807) is 18.2 Å². The average Bonchev–Trinajstić information content (AvgIpc) is 2.38. The number of nitrogens with zero attached hydrogens (tertiary/aromatic N) is 2. The van der Waals surface area contributed by atoms with E-state index in [1.807, 2.05) is 0 Å². The van der Waals surface area contributed by atoms with Crippen molar-refractivity contribution >= 4 is 21.6 Å². The number of ether oxygens (including phenoxy) is 1. The Balaban J connectivity index is 2.98. The predicted molar refractivity (Wildman–Crippen MR) is 76.6 cm³/mol. The van der Waals surface area contributed by atoms with Crippen LogP contribution in [0.15, 0.2) is 18.2 Å². The van der Waals surface area contributed by atoms with Gasteiger partial charge in [0.15, 0.2) is 0 Å². The summed E-state index contributed by atoms with van der Waals surface area (Å²) >= 11 is 5.94. The van der Waals surface area contributed by atoms with E-state index >= 15 is 0 Å². The van der Waals surface area contributed by atoms with Crippen molar-refractivity contribution < 1.29 is 13.2 Å². The molecule has 0 bridgehead atoms. The lowest BCUT2D eigenvalue weighted by atomic mass is 10.2. The van der Waals surface area contributed by atoms with E-state index in [1.165, 1.54) is 13.2 Å². The molecule has 7 heteroatoms.